The second-order valence-corrected chi connectivity index (χ2v) is 6.46. The largest absolute Gasteiger partial charge is 0.350 e. The molecule has 5 heteroatoms. The second kappa shape index (κ2) is 6.19. The first-order chi connectivity index (χ1) is 12.5. The van der Waals surface area contributed by atoms with E-state index >= 15 is 0 Å². The van der Waals surface area contributed by atoms with Crippen LogP contribution in [0, 0.1) is 0 Å². The fourth-order valence-corrected chi connectivity index (χ4v) is 3.41. The fourth-order valence-electron chi connectivity index (χ4n) is 3.41. The Labute approximate surface area is 150 Å². The molecule has 0 aliphatic rings. The molecule has 2 aromatic carbocycles. The lowest BCUT2D eigenvalue weighted by molar-refractivity contribution is -0.116. The summed E-state index contributed by atoms with van der Waals surface area (Å²) in [7, 11) is 1.98. The lowest BCUT2D eigenvalue weighted by Crippen LogP contribution is -2.18. The van der Waals surface area contributed by atoms with Gasteiger partial charge in [-0.3, -0.25) is 9.59 Å². The maximum Gasteiger partial charge on any atom is 0.244 e. The van der Waals surface area contributed by atoms with E-state index in [9.17, 15) is 9.59 Å². The number of nitrogens with one attached hydrogen (secondary N) is 1. The number of hydrogen-bond donors (Lipinski definition) is 1. The molecule has 1 N–H and O–H groups in total. The van der Waals surface area contributed by atoms with Gasteiger partial charge in [-0.1, -0.05) is 24.3 Å². The predicted octanol–water partition coefficient (Wildman–Crippen LogP) is 3.97. The first-order valence-electron chi connectivity index (χ1n) is 8.47. The lowest BCUT2D eigenvalue weighted by Gasteiger charge is -2.09. The number of fused-ring (bicyclic) bond motifs is 2. The van der Waals surface area contributed by atoms with E-state index in [0.717, 1.165) is 27.5 Å². The highest BCUT2D eigenvalue weighted by Crippen LogP contribution is 2.25. The molecule has 0 bridgehead atoms. The number of aryl methyl sites for hydroxylation is 1. The van der Waals surface area contributed by atoms with E-state index in [1.54, 1.807) is 13.1 Å². The smallest absolute Gasteiger partial charge is 0.244 e. The quantitative estimate of drug-likeness (QED) is 0.569. The van der Waals surface area contributed by atoms with Crippen molar-refractivity contribution in [2.24, 2.45) is 7.05 Å². The summed E-state index contributed by atoms with van der Waals surface area (Å²) in [5.41, 5.74) is 3.37. The zero-order valence-electron chi connectivity index (χ0n) is 14.7. The van der Waals surface area contributed by atoms with Crippen molar-refractivity contribution in [2.75, 3.05) is 5.32 Å². The van der Waals surface area contributed by atoms with Crippen LogP contribution in [0.5, 0.6) is 0 Å². The van der Waals surface area contributed by atoms with Gasteiger partial charge in [0, 0.05) is 46.8 Å². The number of amides is 1. The average molecular weight is 345 g/mol. The number of aromatic nitrogens is 2. The van der Waals surface area contributed by atoms with Gasteiger partial charge in [0.1, 0.15) is 6.54 Å². The summed E-state index contributed by atoms with van der Waals surface area (Å²) >= 11 is 0. The molecule has 0 spiro atoms. The molecule has 2 heterocycles. The van der Waals surface area contributed by atoms with Crippen LogP contribution in [-0.2, 0) is 18.4 Å². The highest BCUT2D eigenvalue weighted by molar-refractivity contribution is 6.07. The van der Waals surface area contributed by atoms with E-state index < -0.39 is 0 Å². The monoisotopic (exact) mass is 345 g/mol. The summed E-state index contributed by atoms with van der Waals surface area (Å²) < 4.78 is 3.84. The number of benzene rings is 2. The molecule has 5 nitrogen and oxygen atoms in total. The molecule has 0 saturated heterocycles. The molecular weight excluding hydrogens is 326 g/mol. The molecule has 0 fully saturated rings. The SMILES string of the molecule is CC(=O)c1cn(CC(=O)Nc2cccc3c2ccn3C)c2ccccc12. The molecule has 0 unspecified atom stereocenters. The first-order valence-corrected chi connectivity index (χ1v) is 8.47. The molecule has 0 saturated carbocycles. The summed E-state index contributed by atoms with van der Waals surface area (Å²) in [5, 5.41) is 4.87. The van der Waals surface area contributed by atoms with Crippen molar-refractivity contribution >= 4 is 39.2 Å². The molecular formula is C21H19N3O2. The van der Waals surface area contributed by atoms with Crippen LogP contribution in [0.1, 0.15) is 17.3 Å². The number of nitrogens with zero attached hydrogens (tertiary/aromatic N) is 2. The zero-order chi connectivity index (χ0) is 18.3. The Morgan fingerprint density at radius 1 is 0.962 bits per heavy atom. The van der Waals surface area contributed by atoms with Crippen molar-refractivity contribution in [3.8, 4) is 0 Å². The Balaban J connectivity index is 1.64. The van der Waals surface area contributed by atoms with Crippen molar-refractivity contribution in [1.29, 1.82) is 0 Å². The van der Waals surface area contributed by atoms with Crippen LogP contribution in [0.3, 0.4) is 0 Å². The van der Waals surface area contributed by atoms with E-state index in [0.29, 0.717) is 5.56 Å². The summed E-state index contributed by atoms with van der Waals surface area (Å²) in [6, 6.07) is 15.5. The second-order valence-electron chi connectivity index (χ2n) is 6.46. The molecule has 130 valence electrons. The number of carbonyl (C=O) groups excluding carboxylic acids is 2. The molecule has 0 aliphatic carbocycles. The van der Waals surface area contributed by atoms with E-state index in [1.165, 1.54) is 0 Å². The van der Waals surface area contributed by atoms with Gasteiger partial charge < -0.3 is 14.5 Å². The van der Waals surface area contributed by atoms with Gasteiger partial charge in [-0.15, -0.1) is 0 Å². The van der Waals surface area contributed by atoms with Gasteiger partial charge in [-0.05, 0) is 31.2 Å². The maximum atomic E-state index is 12.6. The molecule has 1 amide bonds. The Morgan fingerprint density at radius 3 is 2.54 bits per heavy atom. The molecule has 4 aromatic rings. The number of carbonyl (C=O) groups is 2. The molecule has 26 heavy (non-hydrogen) atoms. The Kier molecular flexibility index (Phi) is 3.84. The van der Waals surface area contributed by atoms with Gasteiger partial charge in [0.25, 0.3) is 0 Å². The molecule has 4 rings (SSSR count). The zero-order valence-corrected chi connectivity index (χ0v) is 14.7. The number of Topliss-reactive ketones (excluding diaryl/α,β-unsaturated/α-hetero) is 1. The Morgan fingerprint density at radius 2 is 1.73 bits per heavy atom. The molecule has 0 atom stereocenters. The van der Waals surface area contributed by atoms with Gasteiger partial charge in [0.15, 0.2) is 5.78 Å². The van der Waals surface area contributed by atoms with Crippen LogP contribution >= 0.6 is 0 Å². The molecule has 2 aromatic heterocycles. The first kappa shape index (κ1) is 16.1. The number of rotatable bonds is 4. The predicted molar refractivity (Wildman–Crippen MR) is 103 cm³/mol. The molecule has 0 radical (unpaired) electrons. The van der Waals surface area contributed by atoms with Crippen molar-refractivity contribution in [3.63, 3.8) is 0 Å². The van der Waals surface area contributed by atoms with E-state index in [4.69, 9.17) is 0 Å². The van der Waals surface area contributed by atoms with Crippen LogP contribution in [-0.4, -0.2) is 20.8 Å². The van der Waals surface area contributed by atoms with Crippen molar-refractivity contribution < 1.29 is 9.59 Å². The number of para-hydroxylation sites is 1. The van der Waals surface area contributed by atoms with E-state index in [2.05, 4.69) is 5.32 Å². The maximum absolute atomic E-state index is 12.6. The van der Waals surface area contributed by atoms with Crippen LogP contribution in [0.25, 0.3) is 21.8 Å². The summed E-state index contributed by atoms with van der Waals surface area (Å²) in [6.07, 6.45) is 3.73. The highest BCUT2D eigenvalue weighted by Gasteiger charge is 2.14. The average Bonchev–Trinajstić information content (AvgIpc) is 3.18. The van der Waals surface area contributed by atoms with E-state index in [-0.39, 0.29) is 18.2 Å². The minimum Gasteiger partial charge on any atom is -0.350 e. The summed E-state index contributed by atoms with van der Waals surface area (Å²) in [6.45, 7) is 1.69. The summed E-state index contributed by atoms with van der Waals surface area (Å²) in [4.78, 5) is 24.5. The normalized spacial score (nSPS) is 11.2. The van der Waals surface area contributed by atoms with Gasteiger partial charge in [0.2, 0.25) is 5.91 Å². The van der Waals surface area contributed by atoms with Crippen LogP contribution in [0.15, 0.2) is 60.9 Å². The molecule has 0 aliphatic heterocycles. The Bertz CT molecular complexity index is 1150. The lowest BCUT2D eigenvalue weighted by atomic mass is 10.1. The van der Waals surface area contributed by atoms with Gasteiger partial charge in [0.05, 0.1) is 5.69 Å². The van der Waals surface area contributed by atoms with Gasteiger partial charge >= 0.3 is 0 Å². The third kappa shape index (κ3) is 2.67. The third-order valence-electron chi connectivity index (χ3n) is 4.68. The van der Waals surface area contributed by atoms with Crippen molar-refractivity contribution in [2.45, 2.75) is 13.5 Å². The van der Waals surface area contributed by atoms with Crippen LogP contribution < -0.4 is 5.32 Å². The fraction of sp³-hybridized carbons (Fsp3) is 0.143. The Hall–Kier alpha value is -3.34. The minimum atomic E-state index is -0.128. The summed E-state index contributed by atoms with van der Waals surface area (Å²) in [5.74, 6) is -0.133. The number of hydrogen-bond acceptors (Lipinski definition) is 2. The van der Waals surface area contributed by atoms with Crippen LogP contribution in [0.4, 0.5) is 5.69 Å². The standard InChI is InChI=1S/C21H19N3O2/c1-14(25)17-12-24(20-8-4-3-6-15(17)20)13-21(26)22-18-7-5-9-19-16(18)10-11-23(19)2/h3-12H,13H2,1-2H3,(H,22,26). The third-order valence-corrected chi connectivity index (χ3v) is 4.68. The topological polar surface area (TPSA) is 56.0 Å². The van der Waals surface area contributed by atoms with Crippen molar-refractivity contribution in [3.05, 3.63) is 66.5 Å². The van der Waals surface area contributed by atoms with Crippen LogP contribution in [0.2, 0.25) is 0 Å². The number of ketones is 1. The highest BCUT2D eigenvalue weighted by atomic mass is 16.2. The number of anilines is 1. The van der Waals surface area contributed by atoms with Gasteiger partial charge in [-0.2, -0.15) is 0 Å². The van der Waals surface area contributed by atoms with Gasteiger partial charge in [-0.25, -0.2) is 0 Å². The van der Waals surface area contributed by atoms with E-state index in [1.807, 2.05) is 70.9 Å². The van der Waals surface area contributed by atoms with Crippen molar-refractivity contribution in [1.82, 2.24) is 9.13 Å². The minimum absolute atomic E-state index is 0.00517.